The molecule has 1 aromatic rings. The van der Waals surface area contributed by atoms with Gasteiger partial charge in [-0.3, -0.25) is 4.79 Å². The largest absolute Gasteiger partial charge is 0.462 e. The Balaban J connectivity index is 2.29. The van der Waals surface area contributed by atoms with Crippen LogP contribution in [0.1, 0.15) is 66.5 Å². The molecule has 0 saturated heterocycles. The Bertz CT molecular complexity index is 854. The van der Waals surface area contributed by atoms with Crippen molar-refractivity contribution >= 4 is 34.9 Å². The van der Waals surface area contributed by atoms with Gasteiger partial charge in [-0.1, -0.05) is 46.8 Å². The van der Waals surface area contributed by atoms with Crippen LogP contribution in [0, 0.1) is 11.3 Å². The van der Waals surface area contributed by atoms with Crippen LogP contribution in [0.5, 0.6) is 0 Å². The second kappa shape index (κ2) is 10.3. The normalized spacial score (nSPS) is 17.0. The van der Waals surface area contributed by atoms with Gasteiger partial charge in [0.1, 0.15) is 0 Å². The molecule has 1 heterocycles. The quantitative estimate of drug-likeness (QED) is 0.465. The van der Waals surface area contributed by atoms with E-state index in [4.69, 9.17) is 17.0 Å². The summed E-state index contributed by atoms with van der Waals surface area (Å²) in [5, 5.41) is 6.79. The number of carbonyl (C=O) groups is 2. The van der Waals surface area contributed by atoms with E-state index in [0.717, 1.165) is 16.9 Å². The molecule has 6 nitrogen and oxygen atoms in total. The number of benzene rings is 1. The number of hydrogen-bond donors (Lipinski definition) is 2. The van der Waals surface area contributed by atoms with Gasteiger partial charge in [-0.05, 0) is 55.1 Å². The summed E-state index contributed by atoms with van der Waals surface area (Å²) in [5.74, 6) is -0.115. The number of allylic oxidation sites excluding steroid dienone is 1. The van der Waals surface area contributed by atoms with Gasteiger partial charge in [0.15, 0.2) is 5.11 Å². The van der Waals surface area contributed by atoms with Crippen molar-refractivity contribution in [2.75, 3.05) is 18.5 Å². The van der Waals surface area contributed by atoms with Crippen molar-refractivity contribution < 1.29 is 14.3 Å². The van der Waals surface area contributed by atoms with Gasteiger partial charge < -0.3 is 20.3 Å². The van der Waals surface area contributed by atoms with Crippen LogP contribution in [0.2, 0.25) is 0 Å². The molecule has 7 heteroatoms. The number of anilines is 1. The molecule has 0 bridgehead atoms. The molecule has 1 aliphatic rings. The average Bonchev–Trinajstić information content (AvgIpc) is 2.65. The molecule has 0 aliphatic carbocycles. The number of hydrogen-bond acceptors (Lipinski definition) is 4. The number of rotatable bonds is 7. The number of nitrogens with one attached hydrogen (secondary N) is 2. The predicted molar refractivity (Wildman–Crippen MR) is 128 cm³/mol. The fourth-order valence-electron chi connectivity index (χ4n) is 3.44. The van der Waals surface area contributed by atoms with Crippen LogP contribution < -0.4 is 10.6 Å². The van der Waals surface area contributed by atoms with Crippen molar-refractivity contribution in [1.29, 1.82) is 0 Å². The van der Waals surface area contributed by atoms with Gasteiger partial charge in [0.05, 0.1) is 18.2 Å². The van der Waals surface area contributed by atoms with Crippen molar-refractivity contribution in [3.63, 3.8) is 0 Å². The molecule has 1 amide bonds. The van der Waals surface area contributed by atoms with E-state index in [0.29, 0.717) is 30.3 Å². The van der Waals surface area contributed by atoms with Crippen LogP contribution in [0.4, 0.5) is 5.69 Å². The van der Waals surface area contributed by atoms with Crippen molar-refractivity contribution in [2.24, 2.45) is 11.3 Å². The van der Waals surface area contributed by atoms with Crippen LogP contribution in [0.15, 0.2) is 35.5 Å². The van der Waals surface area contributed by atoms with E-state index in [1.807, 2.05) is 77.6 Å². The first-order chi connectivity index (χ1) is 14.4. The smallest absolute Gasteiger partial charge is 0.338 e. The molecule has 1 aromatic carbocycles. The predicted octanol–water partition coefficient (Wildman–Crippen LogP) is 4.79. The van der Waals surface area contributed by atoms with E-state index in [-0.39, 0.29) is 23.2 Å². The second-order valence-electron chi connectivity index (χ2n) is 9.53. The van der Waals surface area contributed by atoms with Gasteiger partial charge in [-0.25, -0.2) is 4.79 Å². The number of amides is 1. The Morgan fingerprint density at radius 1 is 1.23 bits per heavy atom. The molecule has 0 saturated carbocycles. The topological polar surface area (TPSA) is 70.7 Å². The minimum absolute atomic E-state index is 0.0236. The lowest BCUT2D eigenvalue weighted by molar-refractivity contribution is -0.140. The first-order valence-corrected chi connectivity index (χ1v) is 11.2. The van der Waals surface area contributed by atoms with Crippen LogP contribution in [-0.2, 0) is 14.3 Å². The third kappa shape index (κ3) is 6.79. The fraction of sp³-hybridized carbons (Fsp3) is 0.542. The molecule has 2 N–H and O–H groups in total. The van der Waals surface area contributed by atoms with Crippen LogP contribution in [-0.4, -0.2) is 35.0 Å². The molecule has 0 spiro atoms. The zero-order valence-electron chi connectivity index (χ0n) is 19.7. The van der Waals surface area contributed by atoms with E-state index in [2.05, 4.69) is 10.6 Å². The van der Waals surface area contributed by atoms with E-state index >= 15 is 0 Å². The van der Waals surface area contributed by atoms with Crippen LogP contribution >= 0.6 is 12.2 Å². The molecule has 2 rings (SSSR count). The molecule has 170 valence electrons. The number of thiocarbonyl (C=S) groups is 1. The standard InChI is InChI=1S/C24H35N3O3S/c1-8-27-16(4)20(22(29)30-14-15(2)3)21(26-23(27)31)17-9-11-18(12-10-17)25-19(28)13-24(5,6)7/h9-12,15,21H,8,13-14H2,1-7H3,(H,25,28)(H,26,31). The maximum Gasteiger partial charge on any atom is 0.338 e. The highest BCUT2D eigenvalue weighted by molar-refractivity contribution is 7.80. The summed E-state index contributed by atoms with van der Waals surface area (Å²) in [4.78, 5) is 27.1. The van der Waals surface area contributed by atoms with Crippen LogP contribution in [0.3, 0.4) is 0 Å². The molecule has 1 aliphatic heterocycles. The minimum Gasteiger partial charge on any atom is -0.462 e. The lowest BCUT2D eigenvalue weighted by atomic mass is 9.92. The maximum absolute atomic E-state index is 13.0. The van der Waals surface area contributed by atoms with Crippen molar-refractivity contribution in [2.45, 2.75) is 60.9 Å². The highest BCUT2D eigenvalue weighted by atomic mass is 32.1. The van der Waals surface area contributed by atoms with Gasteiger partial charge in [0.25, 0.3) is 0 Å². The molecule has 1 unspecified atom stereocenters. The lowest BCUT2D eigenvalue weighted by Gasteiger charge is -2.37. The molecular weight excluding hydrogens is 410 g/mol. The van der Waals surface area contributed by atoms with Gasteiger partial charge in [0.2, 0.25) is 5.91 Å². The van der Waals surface area contributed by atoms with E-state index < -0.39 is 6.04 Å². The Kier molecular flexibility index (Phi) is 8.23. The summed E-state index contributed by atoms with van der Waals surface area (Å²) in [6.45, 7) is 15.0. The SMILES string of the molecule is CCN1C(=S)NC(c2ccc(NC(=O)CC(C)(C)C)cc2)C(C(=O)OCC(C)C)=C1C. The summed E-state index contributed by atoms with van der Waals surface area (Å²) in [7, 11) is 0. The van der Waals surface area contributed by atoms with E-state index in [1.165, 1.54) is 0 Å². The summed E-state index contributed by atoms with van der Waals surface area (Å²) in [6, 6.07) is 7.09. The fourth-order valence-corrected chi connectivity index (χ4v) is 3.83. The Hall–Kier alpha value is -2.41. The number of ether oxygens (including phenoxy) is 1. The lowest BCUT2D eigenvalue weighted by Crippen LogP contribution is -2.47. The Morgan fingerprint density at radius 2 is 1.84 bits per heavy atom. The number of nitrogens with zero attached hydrogens (tertiary/aromatic N) is 1. The first-order valence-electron chi connectivity index (χ1n) is 10.8. The zero-order valence-corrected chi connectivity index (χ0v) is 20.5. The minimum atomic E-state index is -0.408. The summed E-state index contributed by atoms with van der Waals surface area (Å²) >= 11 is 5.53. The maximum atomic E-state index is 13.0. The monoisotopic (exact) mass is 445 g/mol. The highest BCUT2D eigenvalue weighted by Crippen LogP contribution is 2.32. The van der Waals surface area contributed by atoms with Crippen molar-refractivity contribution in [3.05, 3.63) is 41.1 Å². The first kappa shape index (κ1) is 24.9. The average molecular weight is 446 g/mol. The van der Waals surface area contributed by atoms with Crippen molar-refractivity contribution in [3.8, 4) is 0 Å². The summed E-state index contributed by atoms with van der Waals surface area (Å²) in [6.07, 6.45) is 0.438. The van der Waals surface area contributed by atoms with E-state index in [1.54, 1.807) is 0 Å². The van der Waals surface area contributed by atoms with Gasteiger partial charge in [0, 0.05) is 24.4 Å². The molecule has 0 aromatic heterocycles. The van der Waals surface area contributed by atoms with E-state index in [9.17, 15) is 9.59 Å². The molecule has 1 atom stereocenters. The molecule has 0 radical (unpaired) electrons. The van der Waals surface area contributed by atoms with Gasteiger partial charge in [-0.15, -0.1) is 0 Å². The Morgan fingerprint density at radius 3 is 2.35 bits per heavy atom. The Labute approximate surface area is 191 Å². The summed E-state index contributed by atoms with van der Waals surface area (Å²) < 4.78 is 5.55. The third-order valence-corrected chi connectivity index (χ3v) is 5.24. The summed E-state index contributed by atoms with van der Waals surface area (Å²) in [5.41, 5.74) is 2.87. The van der Waals surface area contributed by atoms with Crippen LogP contribution in [0.25, 0.3) is 0 Å². The number of esters is 1. The van der Waals surface area contributed by atoms with Gasteiger partial charge >= 0.3 is 5.97 Å². The molecule has 0 fully saturated rings. The molecule has 31 heavy (non-hydrogen) atoms. The highest BCUT2D eigenvalue weighted by Gasteiger charge is 2.34. The third-order valence-electron chi connectivity index (χ3n) is 4.90. The van der Waals surface area contributed by atoms with Gasteiger partial charge in [-0.2, -0.15) is 0 Å². The second-order valence-corrected chi connectivity index (χ2v) is 9.91. The van der Waals surface area contributed by atoms with Crippen molar-refractivity contribution in [1.82, 2.24) is 10.2 Å². The zero-order chi connectivity index (χ0) is 23.3. The molecular formula is C24H35N3O3S. The number of carbonyl (C=O) groups excluding carboxylic acids is 2.